The second-order valence-electron chi connectivity index (χ2n) is 4.48. The van der Waals surface area contributed by atoms with Gasteiger partial charge in [-0.25, -0.2) is 0 Å². The van der Waals surface area contributed by atoms with E-state index in [4.69, 9.17) is 0 Å². The van der Waals surface area contributed by atoms with Crippen LogP contribution in [0.15, 0.2) is 36.5 Å². The fourth-order valence-corrected chi connectivity index (χ4v) is 1.69. The molecule has 1 heterocycles. The second-order valence-corrected chi connectivity index (χ2v) is 4.48. The molecule has 0 fully saturated rings. The Morgan fingerprint density at radius 1 is 1.29 bits per heavy atom. The molecule has 1 amide bonds. The molecule has 17 heavy (non-hydrogen) atoms. The van der Waals surface area contributed by atoms with Crippen LogP contribution in [0.5, 0.6) is 0 Å². The van der Waals surface area contributed by atoms with E-state index in [1.54, 1.807) is 6.20 Å². The Morgan fingerprint density at radius 3 is 2.88 bits per heavy atom. The van der Waals surface area contributed by atoms with E-state index in [2.05, 4.69) is 24.1 Å². The minimum Gasteiger partial charge on any atom is -0.352 e. The minimum absolute atomic E-state index is 0.0303. The Bertz CT molecular complexity index is 529. The summed E-state index contributed by atoms with van der Waals surface area (Å²) >= 11 is 0. The zero-order valence-corrected chi connectivity index (χ0v) is 10.1. The van der Waals surface area contributed by atoms with Crippen molar-refractivity contribution < 1.29 is 4.79 Å². The molecule has 1 aromatic carbocycles. The Kier molecular flexibility index (Phi) is 3.38. The maximum Gasteiger partial charge on any atom is 0.251 e. The van der Waals surface area contributed by atoms with Gasteiger partial charge in [-0.05, 0) is 24.1 Å². The smallest absolute Gasteiger partial charge is 0.251 e. The standard InChI is InChI=1S/C14H16N2O/c1-10(2)9-16-14(17)12-5-3-7-13-11(12)6-4-8-15-13/h3-8,10H,9H2,1-2H3,(H,16,17). The van der Waals surface area contributed by atoms with Crippen molar-refractivity contribution in [2.75, 3.05) is 6.54 Å². The molecule has 1 aromatic heterocycles. The number of pyridine rings is 1. The maximum atomic E-state index is 12.0. The number of carbonyl (C=O) groups is 1. The van der Waals surface area contributed by atoms with Crippen LogP contribution in [0.1, 0.15) is 24.2 Å². The van der Waals surface area contributed by atoms with E-state index in [0.717, 1.165) is 10.9 Å². The van der Waals surface area contributed by atoms with E-state index in [-0.39, 0.29) is 5.91 Å². The summed E-state index contributed by atoms with van der Waals surface area (Å²) in [5.74, 6) is 0.421. The summed E-state index contributed by atoms with van der Waals surface area (Å²) in [4.78, 5) is 16.3. The van der Waals surface area contributed by atoms with Gasteiger partial charge in [-0.3, -0.25) is 9.78 Å². The number of carbonyl (C=O) groups excluding carboxylic acids is 1. The van der Waals surface area contributed by atoms with E-state index in [0.29, 0.717) is 18.0 Å². The summed E-state index contributed by atoms with van der Waals surface area (Å²) < 4.78 is 0. The number of aromatic nitrogens is 1. The van der Waals surface area contributed by atoms with Crippen molar-refractivity contribution in [3.8, 4) is 0 Å². The highest BCUT2D eigenvalue weighted by molar-refractivity contribution is 6.06. The number of fused-ring (bicyclic) bond motifs is 1. The van der Waals surface area contributed by atoms with Gasteiger partial charge in [0.2, 0.25) is 0 Å². The van der Waals surface area contributed by atoms with Gasteiger partial charge in [-0.15, -0.1) is 0 Å². The van der Waals surface area contributed by atoms with Gasteiger partial charge in [0, 0.05) is 23.7 Å². The van der Waals surface area contributed by atoms with Crippen LogP contribution in [0.25, 0.3) is 10.9 Å². The molecule has 0 saturated carbocycles. The minimum atomic E-state index is -0.0303. The fourth-order valence-electron chi connectivity index (χ4n) is 1.69. The molecule has 0 atom stereocenters. The largest absolute Gasteiger partial charge is 0.352 e. The molecule has 0 saturated heterocycles. The van der Waals surface area contributed by atoms with E-state index in [1.807, 2.05) is 30.3 Å². The lowest BCUT2D eigenvalue weighted by Gasteiger charge is -2.09. The molecular formula is C14H16N2O. The van der Waals surface area contributed by atoms with Gasteiger partial charge in [-0.1, -0.05) is 26.0 Å². The molecule has 3 heteroatoms. The van der Waals surface area contributed by atoms with Crippen LogP contribution in [0.4, 0.5) is 0 Å². The molecule has 0 bridgehead atoms. The van der Waals surface area contributed by atoms with Crippen molar-refractivity contribution in [1.29, 1.82) is 0 Å². The zero-order valence-electron chi connectivity index (χ0n) is 10.1. The average molecular weight is 228 g/mol. The third-order valence-corrected chi connectivity index (χ3v) is 2.56. The predicted molar refractivity (Wildman–Crippen MR) is 68.9 cm³/mol. The normalized spacial score (nSPS) is 10.8. The number of benzene rings is 1. The highest BCUT2D eigenvalue weighted by atomic mass is 16.1. The van der Waals surface area contributed by atoms with E-state index >= 15 is 0 Å². The van der Waals surface area contributed by atoms with E-state index < -0.39 is 0 Å². The van der Waals surface area contributed by atoms with E-state index in [9.17, 15) is 4.79 Å². The first kappa shape index (κ1) is 11.6. The quantitative estimate of drug-likeness (QED) is 0.877. The lowest BCUT2D eigenvalue weighted by atomic mass is 10.1. The molecule has 2 aromatic rings. The lowest BCUT2D eigenvalue weighted by Crippen LogP contribution is -2.27. The number of hydrogen-bond donors (Lipinski definition) is 1. The van der Waals surface area contributed by atoms with Gasteiger partial charge >= 0.3 is 0 Å². The van der Waals surface area contributed by atoms with Crippen molar-refractivity contribution in [2.24, 2.45) is 5.92 Å². The Morgan fingerprint density at radius 2 is 2.12 bits per heavy atom. The maximum absolute atomic E-state index is 12.0. The van der Waals surface area contributed by atoms with Crippen molar-refractivity contribution in [2.45, 2.75) is 13.8 Å². The van der Waals surface area contributed by atoms with Crippen molar-refractivity contribution in [3.05, 3.63) is 42.1 Å². The molecule has 0 aliphatic carbocycles. The molecule has 2 rings (SSSR count). The van der Waals surface area contributed by atoms with Gasteiger partial charge in [0.1, 0.15) is 0 Å². The van der Waals surface area contributed by atoms with Gasteiger partial charge in [0.15, 0.2) is 0 Å². The topological polar surface area (TPSA) is 42.0 Å². The van der Waals surface area contributed by atoms with Crippen LogP contribution in [-0.4, -0.2) is 17.4 Å². The van der Waals surface area contributed by atoms with Crippen LogP contribution in [0.2, 0.25) is 0 Å². The molecule has 1 N–H and O–H groups in total. The summed E-state index contributed by atoms with van der Waals surface area (Å²) in [6, 6.07) is 9.38. The summed E-state index contributed by atoms with van der Waals surface area (Å²) in [6.45, 7) is 4.84. The molecule has 0 unspecified atom stereocenters. The second kappa shape index (κ2) is 4.95. The number of amides is 1. The van der Waals surface area contributed by atoms with Crippen molar-refractivity contribution in [3.63, 3.8) is 0 Å². The molecule has 3 nitrogen and oxygen atoms in total. The molecule has 0 aliphatic heterocycles. The first-order valence-corrected chi connectivity index (χ1v) is 5.80. The summed E-state index contributed by atoms with van der Waals surface area (Å²) in [6.07, 6.45) is 1.73. The molecule has 0 radical (unpaired) electrons. The van der Waals surface area contributed by atoms with Crippen LogP contribution < -0.4 is 5.32 Å². The monoisotopic (exact) mass is 228 g/mol. The van der Waals surface area contributed by atoms with Gasteiger partial charge < -0.3 is 5.32 Å². The number of nitrogens with zero attached hydrogens (tertiary/aromatic N) is 1. The first-order valence-electron chi connectivity index (χ1n) is 5.80. The van der Waals surface area contributed by atoms with Crippen LogP contribution in [0, 0.1) is 5.92 Å². The predicted octanol–water partition coefficient (Wildman–Crippen LogP) is 2.62. The van der Waals surface area contributed by atoms with Crippen LogP contribution >= 0.6 is 0 Å². The Hall–Kier alpha value is -1.90. The average Bonchev–Trinajstić information content (AvgIpc) is 2.35. The number of nitrogens with one attached hydrogen (secondary N) is 1. The van der Waals surface area contributed by atoms with Crippen LogP contribution in [-0.2, 0) is 0 Å². The van der Waals surface area contributed by atoms with Gasteiger partial charge in [-0.2, -0.15) is 0 Å². The number of rotatable bonds is 3. The third kappa shape index (κ3) is 2.61. The van der Waals surface area contributed by atoms with Crippen LogP contribution in [0.3, 0.4) is 0 Å². The lowest BCUT2D eigenvalue weighted by molar-refractivity contribution is 0.0950. The number of hydrogen-bond acceptors (Lipinski definition) is 2. The van der Waals surface area contributed by atoms with E-state index in [1.165, 1.54) is 0 Å². The summed E-state index contributed by atoms with van der Waals surface area (Å²) in [5.41, 5.74) is 1.54. The van der Waals surface area contributed by atoms with Crippen molar-refractivity contribution >= 4 is 16.8 Å². The third-order valence-electron chi connectivity index (χ3n) is 2.56. The highest BCUT2D eigenvalue weighted by Gasteiger charge is 2.09. The highest BCUT2D eigenvalue weighted by Crippen LogP contribution is 2.16. The Balaban J connectivity index is 2.32. The van der Waals surface area contributed by atoms with Gasteiger partial charge in [0.25, 0.3) is 5.91 Å². The zero-order chi connectivity index (χ0) is 12.3. The molecule has 88 valence electrons. The van der Waals surface area contributed by atoms with Crippen molar-refractivity contribution in [1.82, 2.24) is 10.3 Å². The summed E-state index contributed by atoms with van der Waals surface area (Å²) in [5, 5.41) is 3.82. The SMILES string of the molecule is CC(C)CNC(=O)c1cccc2ncccc12. The summed E-state index contributed by atoms with van der Waals surface area (Å²) in [7, 11) is 0. The first-order chi connectivity index (χ1) is 8.18. The molecule has 0 aliphatic rings. The fraction of sp³-hybridized carbons (Fsp3) is 0.286. The van der Waals surface area contributed by atoms with Gasteiger partial charge in [0.05, 0.1) is 5.52 Å². The Labute approximate surface area is 101 Å². The molecule has 0 spiro atoms. The molecular weight excluding hydrogens is 212 g/mol.